The summed E-state index contributed by atoms with van der Waals surface area (Å²) in [6.45, 7) is 2.27. The van der Waals surface area contributed by atoms with E-state index < -0.39 is 16.0 Å². The minimum Gasteiger partial charge on any atom is -0.478 e. The fourth-order valence-electron chi connectivity index (χ4n) is 1.74. The van der Waals surface area contributed by atoms with Gasteiger partial charge in [-0.1, -0.05) is 37.6 Å². The van der Waals surface area contributed by atoms with Gasteiger partial charge in [0.25, 0.3) is 0 Å². The van der Waals surface area contributed by atoms with E-state index >= 15 is 0 Å². The molecule has 0 aliphatic rings. The normalized spacial score (nSPS) is 12.1. The lowest BCUT2D eigenvalue weighted by Crippen LogP contribution is -2.28. The zero-order valence-electron chi connectivity index (χ0n) is 12.3. The highest BCUT2D eigenvalue weighted by Crippen LogP contribution is 2.11. The summed E-state index contributed by atoms with van der Waals surface area (Å²) < 4.78 is 25.3. The molecule has 0 aromatic heterocycles. The highest BCUT2D eigenvalue weighted by Gasteiger charge is 2.16. The van der Waals surface area contributed by atoms with E-state index in [1.165, 1.54) is 10.4 Å². The molecule has 116 valence electrons. The van der Waals surface area contributed by atoms with Crippen molar-refractivity contribution in [3.8, 4) is 0 Å². The van der Waals surface area contributed by atoms with Crippen LogP contribution in [0.25, 0.3) is 6.08 Å². The van der Waals surface area contributed by atoms with E-state index in [0.717, 1.165) is 23.6 Å². The van der Waals surface area contributed by atoms with Crippen LogP contribution in [0.2, 0.25) is 0 Å². The first-order valence-corrected chi connectivity index (χ1v) is 8.40. The van der Waals surface area contributed by atoms with Crippen LogP contribution < -0.4 is 0 Å². The van der Waals surface area contributed by atoms with E-state index in [2.05, 4.69) is 0 Å². The summed E-state index contributed by atoms with van der Waals surface area (Å²) in [5, 5.41) is 8.55. The Morgan fingerprint density at radius 1 is 1.29 bits per heavy atom. The van der Waals surface area contributed by atoms with Gasteiger partial charge in [-0.05, 0) is 23.6 Å². The van der Waals surface area contributed by atoms with Crippen LogP contribution in [0.15, 0.2) is 30.3 Å². The number of rotatable bonds is 8. The molecule has 21 heavy (non-hydrogen) atoms. The lowest BCUT2D eigenvalue weighted by molar-refractivity contribution is -0.131. The molecule has 0 fully saturated rings. The van der Waals surface area contributed by atoms with E-state index in [1.54, 1.807) is 31.3 Å². The molecule has 0 aliphatic carbocycles. The largest absolute Gasteiger partial charge is 0.478 e. The Kier molecular flexibility index (Phi) is 6.58. The summed E-state index contributed by atoms with van der Waals surface area (Å²) in [6.07, 6.45) is 4.06. The first-order valence-electron chi connectivity index (χ1n) is 6.79. The lowest BCUT2D eigenvalue weighted by atomic mass is 10.1. The molecule has 5 nitrogen and oxygen atoms in total. The number of aliphatic carboxylic acids is 1. The standard InChI is InChI=1S/C15H21NO4S/c1-3-4-11-21(19,20)16(2)12-14-7-5-13(6-8-14)9-10-15(17)18/h5-10H,3-4,11-12H2,1-2H3,(H,17,18). The number of benzene rings is 1. The highest BCUT2D eigenvalue weighted by molar-refractivity contribution is 7.89. The van der Waals surface area contributed by atoms with Gasteiger partial charge in [0.05, 0.1) is 5.75 Å². The SMILES string of the molecule is CCCCS(=O)(=O)N(C)Cc1ccc(C=CC(=O)O)cc1. The number of hydrogen-bond acceptors (Lipinski definition) is 3. The summed E-state index contributed by atoms with van der Waals surface area (Å²) in [5.41, 5.74) is 1.63. The van der Waals surface area contributed by atoms with Crippen LogP contribution in [0.3, 0.4) is 0 Å². The summed E-state index contributed by atoms with van der Waals surface area (Å²) in [5.74, 6) is -0.833. The van der Waals surface area contributed by atoms with Gasteiger partial charge in [0, 0.05) is 19.7 Å². The third kappa shape index (κ3) is 6.10. The van der Waals surface area contributed by atoms with Crippen molar-refractivity contribution in [2.45, 2.75) is 26.3 Å². The van der Waals surface area contributed by atoms with E-state index in [-0.39, 0.29) is 5.75 Å². The van der Waals surface area contributed by atoms with Crippen molar-refractivity contribution in [3.63, 3.8) is 0 Å². The molecule has 0 saturated carbocycles. The van der Waals surface area contributed by atoms with E-state index in [0.29, 0.717) is 13.0 Å². The van der Waals surface area contributed by atoms with Crippen molar-refractivity contribution in [2.75, 3.05) is 12.8 Å². The number of nitrogens with zero attached hydrogens (tertiary/aromatic N) is 1. The van der Waals surface area contributed by atoms with Crippen LogP contribution in [-0.2, 0) is 21.4 Å². The maximum Gasteiger partial charge on any atom is 0.328 e. The summed E-state index contributed by atoms with van der Waals surface area (Å²) in [7, 11) is -1.64. The molecule has 0 radical (unpaired) electrons. The van der Waals surface area contributed by atoms with E-state index in [9.17, 15) is 13.2 Å². The van der Waals surface area contributed by atoms with Crippen molar-refractivity contribution < 1.29 is 18.3 Å². The Bertz CT molecular complexity index is 591. The molecular formula is C15H21NO4S. The summed E-state index contributed by atoms with van der Waals surface area (Å²) in [6, 6.07) is 7.13. The monoisotopic (exact) mass is 311 g/mol. The molecular weight excluding hydrogens is 290 g/mol. The van der Waals surface area contributed by atoms with Crippen LogP contribution in [0, 0.1) is 0 Å². The molecule has 0 atom stereocenters. The minimum absolute atomic E-state index is 0.166. The highest BCUT2D eigenvalue weighted by atomic mass is 32.2. The first-order chi connectivity index (χ1) is 9.85. The minimum atomic E-state index is -3.21. The molecule has 0 bridgehead atoms. The third-order valence-electron chi connectivity index (χ3n) is 3.03. The first kappa shape index (κ1) is 17.4. The van der Waals surface area contributed by atoms with Crippen molar-refractivity contribution in [3.05, 3.63) is 41.5 Å². The van der Waals surface area contributed by atoms with Crippen LogP contribution in [0.1, 0.15) is 30.9 Å². The molecule has 6 heteroatoms. The number of carboxylic acid groups (broad SMARTS) is 1. The zero-order valence-corrected chi connectivity index (χ0v) is 13.1. The lowest BCUT2D eigenvalue weighted by Gasteiger charge is -2.17. The Morgan fingerprint density at radius 3 is 2.43 bits per heavy atom. The average molecular weight is 311 g/mol. The van der Waals surface area contributed by atoms with Gasteiger partial charge in [0.1, 0.15) is 0 Å². The maximum absolute atomic E-state index is 12.0. The molecule has 0 heterocycles. The topological polar surface area (TPSA) is 74.7 Å². The van der Waals surface area contributed by atoms with Crippen LogP contribution in [0.4, 0.5) is 0 Å². The molecule has 1 aromatic carbocycles. The Hall–Kier alpha value is -1.66. The van der Waals surface area contributed by atoms with Gasteiger partial charge >= 0.3 is 5.97 Å². The van der Waals surface area contributed by atoms with E-state index in [1.807, 2.05) is 6.92 Å². The molecule has 0 unspecified atom stereocenters. The van der Waals surface area contributed by atoms with Crippen molar-refractivity contribution in [1.82, 2.24) is 4.31 Å². The quantitative estimate of drug-likeness (QED) is 0.748. The van der Waals surface area contributed by atoms with Gasteiger partial charge in [0.15, 0.2) is 0 Å². The van der Waals surface area contributed by atoms with Gasteiger partial charge in [-0.15, -0.1) is 0 Å². The zero-order chi connectivity index (χ0) is 15.9. The number of sulfonamides is 1. The van der Waals surface area contributed by atoms with Crippen molar-refractivity contribution in [1.29, 1.82) is 0 Å². The van der Waals surface area contributed by atoms with Crippen LogP contribution >= 0.6 is 0 Å². The molecule has 0 aliphatic heterocycles. The smallest absolute Gasteiger partial charge is 0.328 e. The van der Waals surface area contributed by atoms with Gasteiger partial charge in [-0.25, -0.2) is 17.5 Å². The molecule has 0 saturated heterocycles. The van der Waals surface area contributed by atoms with E-state index in [4.69, 9.17) is 5.11 Å². The number of carboxylic acids is 1. The number of unbranched alkanes of at least 4 members (excludes halogenated alkanes) is 1. The second-order valence-corrected chi connectivity index (χ2v) is 7.03. The predicted molar refractivity (Wildman–Crippen MR) is 83.3 cm³/mol. The molecule has 0 spiro atoms. The Balaban J connectivity index is 2.69. The molecule has 1 N–H and O–H groups in total. The molecule has 1 rings (SSSR count). The Labute approximate surface area is 126 Å². The van der Waals surface area contributed by atoms with Crippen molar-refractivity contribution >= 4 is 22.1 Å². The van der Waals surface area contributed by atoms with Gasteiger partial charge in [-0.3, -0.25) is 0 Å². The van der Waals surface area contributed by atoms with Gasteiger partial charge in [0.2, 0.25) is 10.0 Å². The second kappa shape index (κ2) is 7.95. The van der Waals surface area contributed by atoms with Gasteiger partial charge < -0.3 is 5.11 Å². The third-order valence-corrected chi connectivity index (χ3v) is 4.92. The number of hydrogen-bond donors (Lipinski definition) is 1. The fourth-order valence-corrected chi connectivity index (χ4v) is 3.05. The van der Waals surface area contributed by atoms with Crippen LogP contribution in [-0.4, -0.2) is 36.6 Å². The van der Waals surface area contributed by atoms with Crippen LogP contribution in [0.5, 0.6) is 0 Å². The van der Waals surface area contributed by atoms with Crippen molar-refractivity contribution in [2.24, 2.45) is 0 Å². The Morgan fingerprint density at radius 2 is 1.90 bits per heavy atom. The summed E-state index contributed by atoms with van der Waals surface area (Å²) >= 11 is 0. The molecule has 1 aromatic rings. The number of carbonyl (C=O) groups is 1. The molecule has 0 amide bonds. The summed E-state index contributed by atoms with van der Waals surface area (Å²) in [4.78, 5) is 10.4. The fraction of sp³-hybridized carbons (Fsp3) is 0.400. The average Bonchev–Trinajstić information content (AvgIpc) is 2.44. The maximum atomic E-state index is 12.0. The second-order valence-electron chi connectivity index (χ2n) is 4.84. The predicted octanol–water partition coefficient (Wildman–Crippen LogP) is 2.35. The van der Waals surface area contributed by atoms with Gasteiger partial charge in [-0.2, -0.15) is 0 Å².